The molecule has 1 saturated heterocycles. The average Bonchev–Trinajstić information content (AvgIpc) is 3.31. The molecule has 0 unspecified atom stereocenters. The zero-order chi connectivity index (χ0) is 27.4. The van der Waals surface area contributed by atoms with Crippen molar-refractivity contribution in [2.45, 2.75) is 88.4 Å². The quantitative estimate of drug-likeness (QED) is 0.349. The summed E-state index contributed by atoms with van der Waals surface area (Å²) in [4.78, 5) is 28.0. The summed E-state index contributed by atoms with van der Waals surface area (Å²) in [5.41, 5.74) is -0.860. The van der Waals surface area contributed by atoms with Crippen molar-refractivity contribution >= 4 is 35.1 Å². The summed E-state index contributed by atoms with van der Waals surface area (Å²) >= 11 is 12.5. The highest BCUT2D eigenvalue weighted by Gasteiger charge is 2.67. The zero-order valence-electron chi connectivity index (χ0n) is 21.7. The second-order valence-corrected chi connectivity index (χ2v) is 12.8. The van der Waals surface area contributed by atoms with Gasteiger partial charge in [-0.2, -0.15) is 0 Å². The van der Waals surface area contributed by atoms with Gasteiger partial charge in [0.1, 0.15) is 17.0 Å². The van der Waals surface area contributed by atoms with Gasteiger partial charge in [-0.3, -0.25) is 9.59 Å². The van der Waals surface area contributed by atoms with Gasteiger partial charge < -0.3 is 20.5 Å². The van der Waals surface area contributed by atoms with E-state index in [0.717, 1.165) is 0 Å². The number of aliphatic hydroxyl groups is 1. The molecular weight excluding hydrogens is 530 g/mol. The first kappa shape index (κ1) is 27.4. The maximum Gasteiger partial charge on any atom is 0.324 e. The number of halogens is 3. The Hall–Kier alpha value is -2.19. The van der Waals surface area contributed by atoms with E-state index in [1.807, 2.05) is 0 Å². The van der Waals surface area contributed by atoms with Gasteiger partial charge in [-0.25, -0.2) is 4.39 Å². The molecule has 38 heavy (non-hydrogen) atoms. The zero-order valence-corrected chi connectivity index (χ0v) is 23.2. The van der Waals surface area contributed by atoms with Gasteiger partial charge in [-0.05, 0) is 61.3 Å². The van der Waals surface area contributed by atoms with Crippen LogP contribution in [0, 0.1) is 11.2 Å². The Morgan fingerprint density at radius 3 is 2.58 bits per heavy atom. The number of carbonyl (C=O) groups excluding carboxylic acids is 2. The number of carbonyl (C=O) groups is 2. The molecule has 3 aliphatic rings. The molecule has 9 heteroatoms. The first-order valence-electron chi connectivity index (χ1n) is 13.1. The molecule has 1 saturated carbocycles. The van der Waals surface area contributed by atoms with Gasteiger partial charge in [0.2, 0.25) is 5.91 Å². The minimum atomic E-state index is -1.39. The van der Waals surface area contributed by atoms with Crippen LogP contribution in [0.5, 0.6) is 5.75 Å². The van der Waals surface area contributed by atoms with Crippen LogP contribution in [0.3, 0.4) is 0 Å². The van der Waals surface area contributed by atoms with Crippen LogP contribution in [-0.4, -0.2) is 41.2 Å². The predicted octanol–water partition coefficient (Wildman–Crippen LogP) is 5.27. The highest BCUT2D eigenvalue weighted by molar-refractivity contribution is 6.31. The first-order valence-corrected chi connectivity index (χ1v) is 13.9. The van der Waals surface area contributed by atoms with E-state index >= 15 is 4.39 Å². The fourth-order valence-electron chi connectivity index (χ4n) is 6.52. The Bertz CT molecular complexity index is 1260. The lowest BCUT2D eigenvalue weighted by molar-refractivity contribution is -0.139. The number of aliphatic hydroxyl groups excluding tert-OH is 1. The summed E-state index contributed by atoms with van der Waals surface area (Å²) in [7, 11) is 0. The summed E-state index contributed by atoms with van der Waals surface area (Å²) < 4.78 is 21.6. The van der Waals surface area contributed by atoms with E-state index in [4.69, 9.17) is 27.9 Å². The van der Waals surface area contributed by atoms with E-state index in [-0.39, 0.29) is 34.1 Å². The number of esters is 1. The lowest BCUT2D eigenvalue weighted by Crippen LogP contribution is -2.49. The molecule has 0 radical (unpaired) electrons. The fraction of sp³-hybridized carbons (Fsp3) is 0.517. The number of nitrogens with one attached hydrogen (secondary N) is 2. The van der Waals surface area contributed by atoms with Crippen LogP contribution in [0.15, 0.2) is 36.4 Å². The Labute approximate surface area is 232 Å². The molecule has 2 aromatic carbocycles. The molecule has 6 nitrogen and oxygen atoms in total. The van der Waals surface area contributed by atoms with Crippen LogP contribution in [0.2, 0.25) is 10.0 Å². The minimum Gasteiger partial charge on any atom is -0.425 e. The number of benzene rings is 2. The molecule has 3 N–H and O–H groups in total. The van der Waals surface area contributed by atoms with Crippen molar-refractivity contribution in [3.05, 3.63) is 63.4 Å². The van der Waals surface area contributed by atoms with Crippen molar-refractivity contribution in [2.24, 2.45) is 5.41 Å². The smallest absolute Gasteiger partial charge is 0.324 e. The van der Waals surface area contributed by atoms with E-state index in [9.17, 15) is 14.7 Å². The van der Waals surface area contributed by atoms with Crippen molar-refractivity contribution in [2.75, 3.05) is 0 Å². The number of hydrogen-bond acceptors (Lipinski definition) is 5. The third-order valence-corrected chi connectivity index (χ3v) is 8.67. The predicted molar refractivity (Wildman–Crippen MR) is 144 cm³/mol. The van der Waals surface area contributed by atoms with Gasteiger partial charge in [0.05, 0.1) is 17.2 Å². The van der Waals surface area contributed by atoms with Crippen molar-refractivity contribution in [1.82, 2.24) is 10.6 Å². The van der Waals surface area contributed by atoms with Crippen LogP contribution in [-0.2, 0) is 15.0 Å². The molecule has 1 aliphatic carbocycles. The Morgan fingerprint density at radius 1 is 1.18 bits per heavy atom. The largest absolute Gasteiger partial charge is 0.425 e. The van der Waals surface area contributed by atoms with Crippen LogP contribution < -0.4 is 15.4 Å². The van der Waals surface area contributed by atoms with E-state index in [0.29, 0.717) is 48.4 Å². The lowest BCUT2D eigenvalue weighted by atomic mass is 9.62. The molecule has 2 aliphatic heterocycles. The molecule has 0 bridgehead atoms. The molecule has 2 fully saturated rings. The monoisotopic (exact) mass is 562 g/mol. The Kier molecular flexibility index (Phi) is 7.27. The summed E-state index contributed by atoms with van der Waals surface area (Å²) in [6.45, 7) is 6.17. The Balaban J connectivity index is 1.67. The molecule has 2 aromatic rings. The standard InChI is InChI=1S/C29H33Cl2FN2O4/c1-28(2,3)14-22-29(19-12-7-15(30)13-21(19)38-27(29)37)23(18-5-4-6-20(31)24(18)32)25(34-22)26(36)33-16-8-10-17(35)11-9-16/h4-7,12-13,16-17,22-23,25,34-35H,8-11,14H2,1-3H3,(H,33,36)/t16-,17-,22-,23+,25-,29+/m1/s1. The fourth-order valence-corrected chi connectivity index (χ4v) is 6.87. The van der Waals surface area contributed by atoms with E-state index < -0.39 is 35.2 Å². The highest BCUT2D eigenvalue weighted by atomic mass is 35.5. The summed E-state index contributed by atoms with van der Waals surface area (Å²) in [6.07, 6.45) is 2.66. The molecule has 2 heterocycles. The number of ether oxygens (including phenoxy) is 1. The van der Waals surface area contributed by atoms with Crippen LogP contribution in [0.4, 0.5) is 4.39 Å². The van der Waals surface area contributed by atoms with E-state index in [1.54, 1.807) is 30.3 Å². The highest BCUT2D eigenvalue weighted by Crippen LogP contribution is 2.58. The normalized spacial score (nSPS) is 30.8. The van der Waals surface area contributed by atoms with Gasteiger partial charge in [0.25, 0.3) is 0 Å². The van der Waals surface area contributed by atoms with Crippen molar-refractivity contribution in [3.8, 4) is 5.75 Å². The van der Waals surface area contributed by atoms with E-state index in [2.05, 4.69) is 31.4 Å². The number of rotatable bonds is 4. The molecular formula is C29H33Cl2FN2O4. The third-order valence-electron chi connectivity index (χ3n) is 8.14. The first-order chi connectivity index (χ1) is 17.9. The summed E-state index contributed by atoms with van der Waals surface area (Å²) in [6, 6.07) is 8.11. The molecule has 4 atom stereocenters. The van der Waals surface area contributed by atoms with Gasteiger partial charge in [0.15, 0.2) is 0 Å². The molecule has 1 amide bonds. The van der Waals surface area contributed by atoms with Crippen LogP contribution >= 0.6 is 23.2 Å². The number of amides is 1. The maximum absolute atomic E-state index is 15.8. The minimum absolute atomic E-state index is 0.0833. The average molecular weight is 563 g/mol. The topological polar surface area (TPSA) is 87.7 Å². The SMILES string of the molecule is CC(C)(C)C[C@H]1N[C@@H](C(=O)N[C@H]2CC[C@H](O)CC2)[C@H](c2cccc(Cl)c2F)[C@@]12C(=O)Oc1cc(Cl)ccc12. The van der Waals surface area contributed by atoms with Crippen LogP contribution in [0.25, 0.3) is 0 Å². The van der Waals surface area contributed by atoms with Crippen molar-refractivity contribution < 1.29 is 23.8 Å². The van der Waals surface area contributed by atoms with E-state index in [1.165, 1.54) is 6.07 Å². The van der Waals surface area contributed by atoms with Gasteiger partial charge in [-0.1, -0.05) is 62.2 Å². The van der Waals surface area contributed by atoms with Crippen molar-refractivity contribution in [1.29, 1.82) is 0 Å². The molecule has 0 aromatic heterocycles. The summed E-state index contributed by atoms with van der Waals surface area (Å²) in [5.74, 6) is -2.14. The number of hydrogen-bond donors (Lipinski definition) is 3. The summed E-state index contributed by atoms with van der Waals surface area (Å²) in [5, 5.41) is 16.8. The number of fused-ring (bicyclic) bond motifs is 2. The molecule has 5 rings (SSSR count). The second-order valence-electron chi connectivity index (χ2n) is 12.0. The van der Waals surface area contributed by atoms with Crippen LogP contribution in [0.1, 0.15) is 69.9 Å². The van der Waals surface area contributed by atoms with Gasteiger partial charge in [-0.15, -0.1) is 0 Å². The molecule has 1 spiro atoms. The maximum atomic E-state index is 15.8. The lowest BCUT2D eigenvalue weighted by Gasteiger charge is -2.36. The van der Waals surface area contributed by atoms with Gasteiger partial charge in [0, 0.05) is 28.6 Å². The second kappa shape index (κ2) is 10.1. The molecule has 204 valence electrons. The Morgan fingerprint density at radius 2 is 1.89 bits per heavy atom. The van der Waals surface area contributed by atoms with Gasteiger partial charge >= 0.3 is 5.97 Å². The van der Waals surface area contributed by atoms with Crippen molar-refractivity contribution in [3.63, 3.8) is 0 Å². The third kappa shape index (κ3) is 4.72.